The standard InChI is InChI=1S/C31H29N3O2S/c1-20(2)23-14-13-21(3)17-28(23)36-16-8-15-33-19-22(24-9-4-6-11-26(24)33)18-29-30(35)34-27-12-7-5-10-25(27)32-31(34)37-29/h4-7,9-14,17-20H,8,15-16H2,1-3H3. The average molecular weight is 508 g/mol. The monoisotopic (exact) mass is 507 g/mol. The molecule has 0 radical (unpaired) electrons. The van der Waals surface area contributed by atoms with E-state index in [1.807, 2.05) is 36.4 Å². The van der Waals surface area contributed by atoms with E-state index in [1.165, 1.54) is 22.5 Å². The molecule has 0 saturated heterocycles. The second-order valence-electron chi connectivity index (χ2n) is 9.83. The summed E-state index contributed by atoms with van der Waals surface area (Å²) in [7, 11) is 0. The number of nitrogens with zero attached hydrogens (tertiary/aromatic N) is 3. The molecule has 0 spiro atoms. The van der Waals surface area contributed by atoms with Crippen LogP contribution in [0.5, 0.6) is 5.75 Å². The second kappa shape index (κ2) is 9.52. The molecule has 3 aromatic heterocycles. The van der Waals surface area contributed by atoms with Gasteiger partial charge in [0.05, 0.1) is 22.2 Å². The summed E-state index contributed by atoms with van der Waals surface area (Å²) in [5.41, 5.74) is 6.35. The van der Waals surface area contributed by atoms with Crippen molar-refractivity contribution in [1.29, 1.82) is 0 Å². The number of ether oxygens (including phenoxy) is 1. The number of fused-ring (bicyclic) bond motifs is 4. The van der Waals surface area contributed by atoms with Crippen LogP contribution < -0.4 is 14.8 Å². The Labute approximate surface area is 219 Å². The van der Waals surface area contributed by atoms with Crippen LogP contribution in [0.3, 0.4) is 0 Å². The van der Waals surface area contributed by atoms with Crippen LogP contribution in [0.4, 0.5) is 0 Å². The fourth-order valence-electron chi connectivity index (χ4n) is 4.99. The van der Waals surface area contributed by atoms with Gasteiger partial charge in [0.2, 0.25) is 0 Å². The number of para-hydroxylation sites is 3. The lowest BCUT2D eigenvalue weighted by molar-refractivity contribution is 0.298. The Kier molecular flexibility index (Phi) is 6.05. The third-order valence-electron chi connectivity index (χ3n) is 6.84. The van der Waals surface area contributed by atoms with E-state index >= 15 is 0 Å². The minimum absolute atomic E-state index is 0.0157. The van der Waals surface area contributed by atoms with Crippen LogP contribution in [0.25, 0.3) is 33.0 Å². The molecule has 0 aliphatic rings. The van der Waals surface area contributed by atoms with E-state index in [1.54, 1.807) is 4.40 Å². The minimum Gasteiger partial charge on any atom is -0.493 e. The van der Waals surface area contributed by atoms with Crippen molar-refractivity contribution in [2.24, 2.45) is 0 Å². The smallest absolute Gasteiger partial charge is 0.274 e. The molecule has 0 saturated carbocycles. The van der Waals surface area contributed by atoms with Crippen molar-refractivity contribution in [3.05, 3.63) is 105 Å². The molecular formula is C31H29N3O2S. The minimum atomic E-state index is -0.0157. The lowest BCUT2D eigenvalue weighted by Gasteiger charge is -2.15. The number of aromatic nitrogens is 3. The fraction of sp³-hybridized carbons (Fsp3) is 0.226. The van der Waals surface area contributed by atoms with Gasteiger partial charge in [0.25, 0.3) is 5.56 Å². The summed E-state index contributed by atoms with van der Waals surface area (Å²) in [4.78, 5) is 18.7. The molecule has 186 valence electrons. The lowest BCUT2D eigenvalue weighted by atomic mass is 10.0. The molecule has 3 aromatic carbocycles. The predicted octanol–water partition coefficient (Wildman–Crippen LogP) is 6.31. The maximum absolute atomic E-state index is 13.3. The molecule has 0 bridgehead atoms. The van der Waals surface area contributed by atoms with Crippen molar-refractivity contribution in [3.63, 3.8) is 0 Å². The molecule has 3 heterocycles. The highest BCUT2D eigenvalue weighted by Crippen LogP contribution is 2.28. The van der Waals surface area contributed by atoms with Crippen LogP contribution in [0.2, 0.25) is 0 Å². The van der Waals surface area contributed by atoms with Crippen molar-refractivity contribution >= 4 is 44.3 Å². The Balaban J connectivity index is 1.28. The van der Waals surface area contributed by atoms with E-state index in [9.17, 15) is 4.79 Å². The third kappa shape index (κ3) is 4.31. The molecule has 6 rings (SSSR count). The van der Waals surface area contributed by atoms with Gasteiger partial charge in [-0.3, -0.25) is 4.79 Å². The number of benzene rings is 3. The molecular weight excluding hydrogens is 478 g/mol. The van der Waals surface area contributed by atoms with Crippen molar-refractivity contribution < 1.29 is 4.74 Å². The maximum Gasteiger partial charge on any atom is 0.274 e. The van der Waals surface area contributed by atoms with Gasteiger partial charge in [-0.25, -0.2) is 9.38 Å². The van der Waals surface area contributed by atoms with E-state index in [0.717, 1.165) is 51.2 Å². The summed E-state index contributed by atoms with van der Waals surface area (Å²) in [6.45, 7) is 7.97. The van der Waals surface area contributed by atoms with Gasteiger partial charge in [0, 0.05) is 29.2 Å². The van der Waals surface area contributed by atoms with Gasteiger partial charge in [0.15, 0.2) is 4.96 Å². The molecule has 0 aliphatic carbocycles. The van der Waals surface area contributed by atoms with Crippen molar-refractivity contribution in [1.82, 2.24) is 14.0 Å². The molecule has 0 amide bonds. The summed E-state index contributed by atoms with van der Waals surface area (Å²) >= 11 is 1.44. The van der Waals surface area contributed by atoms with Gasteiger partial charge in [-0.1, -0.05) is 67.6 Å². The first kappa shape index (κ1) is 23.5. The molecule has 0 unspecified atom stereocenters. The fourth-order valence-corrected chi connectivity index (χ4v) is 5.97. The van der Waals surface area contributed by atoms with Crippen LogP contribution in [-0.4, -0.2) is 20.6 Å². The lowest BCUT2D eigenvalue weighted by Crippen LogP contribution is -2.22. The first-order valence-electron chi connectivity index (χ1n) is 12.7. The van der Waals surface area contributed by atoms with Crippen molar-refractivity contribution in [2.45, 2.75) is 39.7 Å². The second-order valence-corrected chi connectivity index (χ2v) is 10.8. The number of thiazole rings is 1. The summed E-state index contributed by atoms with van der Waals surface area (Å²) in [5.74, 6) is 1.41. The number of aryl methyl sites for hydroxylation is 2. The molecule has 6 aromatic rings. The van der Waals surface area contributed by atoms with Crippen LogP contribution in [-0.2, 0) is 6.54 Å². The van der Waals surface area contributed by atoms with E-state index in [0.29, 0.717) is 17.1 Å². The van der Waals surface area contributed by atoms with E-state index in [4.69, 9.17) is 4.74 Å². The highest BCUT2D eigenvalue weighted by molar-refractivity contribution is 7.15. The summed E-state index contributed by atoms with van der Waals surface area (Å²) in [5, 5.41) is 1.14. The van der Waals surface area contributed by atoms with Gasteiger partial charge in [-0.05, 0) is 60.7 Å². The summed E-state index contributed by atoms with van der Waals surface area (Å²) in [6, 6.07) is 22.6. The molecule has 6 heteroatoms. The zero-order valence-electron chi connectivity index (χ0n) is 21.3. The van der Waals surface area contributed by atoms with Crippen LogP contribution in [0, 0.1) is 6.92 Å². The molecule has 0 aliphatic heterocycles. The Hall–Kier alpha value is -3.90. The largest absolute Gasteiger partial charge is 0.493 e. The number of hydrogen-bond acceptors (Lipinski definition) is 4. The van der Waals surface area contributed by atoms with Crippen molar-refractivity contribution in [2.75, 3.05) is 6.61 Å². The highest BCUT2D eigenvalue weighted by atomic mass is 32.1. The number of imidazole rings is 1. The van der Waals surface area contributed by atoms with Crippen LogP contribution in [0.15, 0.2) is 77.7 Å². The first-order valence-corrected chi connectivity index (χ1v) is 13.5. The topological polar surface area (TPSA) is 48.5 Å². The van der Waals surface area contributed by atoms with Crippen molar-refractivity contribution in [3.8, 4) is 5.75 Å². The number of hydrogen-bond donors (Lipinski definition) is 0. The zero-order chi connectivity index (χ0) is 25.5. The van der Waals surface area contributed by atoms with Gasteiger partial charge < -0.3 is 9.30 Å². The van der Waals surface area contributed by atoms with Gasteiger partial charge in [-0.2, -0.15) is 0 Å². The highest BCUT2D eigenvalue weighted by Gasteiger charge is 2.13. The van der Waals surface area contributed by atoms with E-state index in [2.05, 4.69) is 72.9 Å². The maximum atomic E-state index is 13.3. The third-order valence-corrected chi connectivity index (χ3v) is 7.81. The van der Waals surface area contributed by atoms with Gasteiger partial charge in [-0.15, -0.1) is 0 Å². The Morgan fingerprint density at radius 2 is 1.81 bits per heavy atom. The first-order chi connectivity index (χ1) is 18.0. The summed E-state index contributed by atoms with van der Waals surface area (Å²) in [6.07, 6.45) is 5.04. The van der Waals surface area contributed by atoms with Gasteiger partial charge in [0.1, 0.15) is 5.75 Å². The average Bonchev–Trinajstić information content (AvgIpc) is 3.53. The Bertz CT molecular complexity index is 1860. The molecule has 37 heavy (non-hydrogen) atoms. The van der Waals surface area contributed by atoms with Gasteiger partial charge >= 0.3 is 0 Å². The quantitative estimate of drug-likeness (QED) is 0.238. The Morgan fingerprint density at radius 3 is 2.65 bits per heavy atom. The molecule has 0 atom stereocenters. The van der Waals surface area contributed by atoms with Crippen LogP contribution in [0.1, 0.15) is 42.9 Å². The number of rotatable bonds is 7. The molecule has 5 nitrogen and oxygen atoms in total. The predicted molar refractivity (Wildman–Crippen MR) is 153 cm³/mol. The SMILES string of the molecule is Cc1ccc(C(C)C)c(OCCCn2cc(C=c3sc4nc5ccccc5n4c3=O)c3ccccc32)c1. The Morgan fingerprint density at radius 1 is 1.03 bits per heavy atom. The zero-order valence-corrected chi connectivity index (χ0v) is 22.1. The molecule has 0 N–H and O–H groups in total. The van der Waals surface area contributed by atoms with Crippen LogP contribution >= 0.6 is 11.3 Å². The van der Waals surface area contributed by atoms with E-state index < -0.39 is 0 Å². The summed E-state index contributed by atoms with van der Waals surface area (Å²) < 4.78 is 10.9. The van der Waals surface area contributed by atoms with E-state index in [-0.39, 0.29) is 5.56 Å². The molecule has 0 fully saturated rings. The normalized spacial score (nSPS) is 12.5.